The summed E-state index contributed by atoms with van der Waals surface area (Å²) in [7, 11) is 0. The standard InChI is InChI=1S/C26H24F5N3O/c1-24(28,26(29,30)31)18-6-9-21-17(12-18)4-5-19-14-34(23(35)22-10-11-32-33-22)15-25(19,21)13-16-2-7-20(27)8-3-16/h2-3,6-12,19H,4-5,13-15H2,1H3,(H,32,33). The summed E-state index contributed by atoms with van der Waals surface area (Å²) < 4.78 is 68.4. The lowest BCUT2D eigenvalue weighted by atomic mass is 9.62. The van der Waals surface area contributed by atoms with E-state index in [9.17, 15) is 26.7 Å². The summed E-state index contributed by atoms with van der Waals surface area (Å²) in [6.07, 6.45) is -1.94. The number of carbonyl (C=O) groups excluding carboxylic acids is 1. The molecule has 1 aliphatic carbocycles. The molecule has 3 aromatic rings. The Labute approximate surface area is 199 Å². The van der Waals surface area contributed by atoms with Crippen molar-refractivity contribution in [1.82, 2.24) is 15.1 Å². The van der Waals surface area contributed by atoms with E-state index in [1.807, 2.05) is 0 Å². The molecule has 0 bridgehead atoms. The molecule has 3 atom stereocenters. The predicted octanol–water partition coefficient (Wildman–Crippen LogP) is 5.49. The number of rotatable bonds is 4. The maximum absolute atomic E-state index is 14.7. The largest absolute Gasteiger partial charge is 0.426 e. The van der Waals surface area contributed by atoms with E-state index < -0.39 is 22.8 Å². The van der Waals surface area contributed by atoms with Gasteiger partial charge in [-0.15, -0.1) is 0 Å². The molecular formula is C26H24F5N3O. The van der Waals surface area contributed by atoms with Crippen molar-refractivity contribution in [2.75, 3.05) is 13.1 Å². The normalized spacial score (nSPS) is 23.5. The van der Waals surface area contributed by atoms with Crippen LogP contribution >= 0.6 is 0 Å². The molecule has 2 aromatic carbocycles. The molecule has 35 heavy (non-hydrogen) atoms. The summed E-state index contributed by atoms with van der Waals surface area (Å²) in [5.74, 6) is -0.535. The van der Waals surface area contributed by atoms with Crippen LogP contribution in [-0.2, 0) is 23.9 Å². The molecule has 1 N–H and O–H groups in total. The van der Waals surface area contributed by atoms with E-state index in [4.69, 9.17) is 0 Å². The van der Waals surface area contributed by atoms with Gasteiger partial charge in [0.1, 0.15) is 11.5 Å². The highest BCUT2D eigenvalue weighted by Crippen LogP contribution is 2.51. The predicted molar refractivity (Wildman–Crippen MR) is 119 cm³/mol. The van der Waals surface area contributed by atoms with Crippen molar-refractivity contribution in [1.29, 1.82) is 0 Å². The van der Waals surface area contributed by atoms with Gasteiger partial charge in [-0.05, 0) is 72.6 Å². The first-order chi connectivity index (χ1) is 16.5. The average Bonchev–Trinajstić information content (AvgIpc) is 3.47. The number of H-pyrrole nitrogens is 1. The minimum absolute atomic E-state index is 0.0390. The van der Waals surface area contributed by atoms with Gasteiger partial charge in [-0.1, -0.05) is 30.3 Å². The summed E-state index contributed by atoms with van der Waals surface area (Å²) in [4.78, 5) is 14.9. The highest BCUT2D eigenvalue weighted by molar-refractivity contribution is 5.92. The molecule has 5 rings (SSSR count). The van der Waals surface area contributed by atoms with E-state index in [2.05, 4.69) is 10.2 Å². The van der Waals surface area contributed by atoms with Gasteiger partial charge in [0.05, 0.1) is 0 Å². The third-order valence-corrected chi connectivity index (χ3v) is 7.62. The first kappa shape index (κ1) is 23.5. The molecule has 0 saturated carbocycles. The van der Waals surface area contributed by atoms with E-state index in [1.54, 1.807) is 29.2 Å². The molecule has 2 aliphatic rings. The second-order valence-electron chi connectivity index (χ2n) is 9.72. The minimum Gasteiger partial charge on any atom is -0.336 e. The van der Waals surface area contributed by atoms with E-state index in [1.165, 1.54) is 30.5 Å². The van der Waals surface area contributed by atoms with Gasteiger partial charge in [0.25, 0.3) is 5.91 Å². The molecule has 9 heteroatoms. The Bertz CT molecular complexity index is 1240. The van der Waals surface area contributed by atoms with Crippen LogP contribution in [0.3, 0.4) is 0 Å². The highest BCUT2D eigenvalue weighted by atomic mass is 19.4. The van der Waals surface area contributed by atoms with Gasteiger partial charge < -0.3 is 4.90 Å². The smallest absolute Gasteiger partial charge is 0.336 e. The van der Waals surface area contributed by atoms with Crippen molar-refractivity contribution in [3.8, 4) is 0 Å². The fourth-order valence-corrected chi connectivity index (χ4v) is 5.68. The van der Waals surface area contributed by atoms with Gasteiger partial charge in [-0.3, -0.25) is 9.89 Å². The number of carbonyl (C=O) groups is 1. The van der Waals surface area contributed by atoms with Gasteiger partial charge in [-0.25, -0.2) is 8.78 Å². The maximum Gasteiger partial charge on any atom is 0.426 e. The lowest BCUT2D eigenvalue weighted by Gasteiger charge is -2.41. The number of hydrogen-bond acceptors (Lipinski definition) is 2. The molecule has 1 aliphatic heterocycles. The number of alkyl halides is 4. The van der Waals surface area contributed by atoms with Gasteiger partial charge in [0.2, 0.25) is 5.67 Å². The van der Waals surface area contributed by atoms with Crippen LogP contribution in [0.2, 0.25) is 0 Å². The Morgan fingerprint density at radius 3 is 2.54 bits per heavy atom. The number of aryl methyl sites for hydroxylation is 1. The zero-order valence-corrected chi connectivity index (χ0v) is 19.0. The molecule has 0 spiro atoms. The molecule has 1 aromatic heterocycles. The number of benzene rings is 2. The van der Waals surface area contributed by atoms with E-state index in [-0.39, 0.29) is 17.6 Å². The Balaban J connectivity index is 1.58. The molecule has 4 nitrogen and oxygen atoms in total. The topological polar surface area (TPSA) is 49.0 Å². The molecule has 184 valence electrons. The average molecular weight is 489 g/mol. The molecular weight excluding hydrogens is 465 g/mol. The Morgan fingerprint density at radius 1 is 1.14 bits per heavy atom. The maximum atomic E-state index is 14.7. The molecule has 2 heterocycles. The third kappa shape index (κ3) is 3.90. The summed E-state index contributed by atoms with van der Waals surface area (Å²) in [5, 5.41) is 6.54. The van der Waals surface area contributed by atoms with Gasteiger partial charge >= 0.3 is 6.18 Å². The fourth-order valence-electron chi connectivity index (χ4n) is 5.68. The lowest BCUT2D eigenvalue weighted by molar-refractivity contribution is -0.228. The van der Waals surface area contributed by atoms with Crippen LogP contribution in [0.4, 0.5) is 22.0 Å². The third-order valence-electron chi connectivity index (χ3n) is 7.62. The lowest BCUT2D eigenvalue weighted by Crippen LogP contribution is -2.42. The molecule has 3 unspecified atom stereocenters. The summed E-state index contributed by atoms with van der Waals surface area (Å²) in [6, 6.07) is 11.8. The number of aromatic nitrogens is 2. The van der Waals surface area contributed by atoms with Crippen LogP contribution in [-0.4, -0.2) is 40.3 Å². The van der Waals surface area contributed by atoms with Crippen LogP contribution in [0.25, 0.3) is 0 Å². The fraction of sp³-hybridized carbons (Fsp3) is 0.385. The zero-order chi connectivity index (χ0) is 25.0. The number of hydrogen-bond donors (Lipinski definition) is 1. The van der Waals surface area contributed by atoms with Crippen molar-refractivity contribution in [2.45, 2.75) is 43.4 Å². The van der Waals surface area contributed by atoms with Crippen molar-refractivity contribution in [2.24, 2.45) is 5.92 Å². The Hall–Kier alpha value is -3.23. The van der Waals surface area contributed by atoms with Gasteiger partial charge in [-0.2, -0.15) is 18.3 Å². The number of amides is 1. The van der Waals surface area contributed by atoms with Crippen LogP contribution < -0.4 is 0 Å². The second-order valence-corrected chi connectivity index (χ2v) is 9.72. The monoisotopic (exact) mass is 489 g/mol. The quantitative estimate of drug-likeness (QED) is 0.493. The highest BCUT2D eigenvalue weighted by Gasteiger charge is 2.55. The first-order valence-corrected chi connectivity index (χ1v) is 11.4. The number of fused-ring (bicyclic) bond motifs is 3. The first-order valence-electron chi connectivity index (χ1n) is 11.4. The van der Waals surface area contributed by atoms with Crippen LogP contribution in [0, 0.1) is 11.7 Å². The van der Waals surface area contributed by atoms with Crippen molar-refractivity contribution in [3.05, 3.63) is 88.5 Å². The number of likely N-dealkylation sites (tertiary alicyclic amines) is 1. The second kappa shape index (κ2) is 8.17. The molecule has 1 saturated heterocycles. The van der Waals surface area contributed by atoms with Crippen LogP contribution in [0.1, 0.15) is 46.1 Å². The van der Waals surface area contributed by atoms with Gasteiger partial charge in [0.15, 0.2) is 0 Å². The van der Waals surface area contributed by atoms with Crippen molar-refractivity contribution < 1.29 is 26.7 Å². The minimum atomic E-state index is -5.04. The van der Waals surface area contributed by atoms with Crippen molar-refractivity contribution >= 4 is 5.91 Å². The SMILES string of the molecule is CC(F)(c1ccc2c(c1)CCC1CN(C(=O)c3ccn[nH]3)CC21Cc1ccc(F)cc1)C(F)(F)F. The van der Waals surface area contributed by atoms with Gasteiger partial charge in [0, 0.05) is 24.7 Å². The number of nitrogens with one attached hydrogen (secondary N) is 1. The number of nitrogens with zero attached hydrogens (tertiary/aromatic N) is 2. The van der Waals surface area contributed by atoms with Crippen LogP contribution in [0.15, 0.2) is 54.7 Å². The Kier molecular flexibility index (Phi) is 5.49. The summed E-state index contributed by atoms with van der Waals surface area (Å²) in [5.41, 5.74) is -1.80. The zero-order valence-electron chi connectivity index (χ0n) is 19.0. The summed E-state index contributed by atoms with van der Waals surface area (Å²) >= 11 is 0. The molecule has 1 fully saturated rings. The van der Waals surface area contributed by atoms with E-state index in [0.717, 1.165) is 11.1 Å². The Morgan fingerprint density at radius 2 is 1.89 bits per heavy atom. The van der Waals surface area contributed by atoms with E-state index >= 15 is 0 Å². The number of halogens is 5. The summed E-state index contributed by atoms with van der Waals surface area (Å²) in [6.45, 7) is 1.35. The molecule has 1 amide bonds. The van der Waals surface area contributed by atoms with Crippen LogP contribution in [0.5, 0.6) is 0 Å². The molecule has 0 radical (unpaired) electrons. The number of aromatic amines is 1. The van der Waals surface area contributed by atoms with E-state index in [0.29, 0.717) is 50.5 Å². The van der Waals surface area contributed by atoms with Crippen molar-refractivity contribution in [3.63, 3.8) is 0 Å².